The van der Waals surface area contributed by atoms with Crippen LogP contribution in [0.4, 0.5) is 0 Å². The summed E-state index contributed by atoms with van der Waals surface area (Å²) in [5, 5.41) is 0. The monoisotopic (exact) mass is 231 g/mol. The SMILES string of the molecule is COC1CCN([C@H](C)c2ccccc2)C=C1C. The highest BCUT2D eigenvalue weighted by molar-refractivity contribution is 5.20. The zero-order valence-corrected chi connectivity index (χ0v) is 10.9. The van der Waals surface area contributed by atoms with Crippen molar-refractivity contribution in [1.82, 2.24) is 4.90 Å². The van der Waals surface area contributed by atoms with Crippen LogP contribution in [0.15, 0.2) is 42.1 Å². The molecule has 1 aliphatic rings. The van der Waals surface area contributed by atoms with Gasteiger partial charge in [0.15, 0.2) is 0 Å². The number of methoxy groups -OCH3 is 1. The largest absolute Gasteiger partial charge is 0.377 e. The molecule has 0 N–H and O–H groups in total. The minimum Gasteiger partial charge on any atom is -0.377 e. The smallest absolute Gasteiger partial charge is 0.0812 e. The van der Waals surface area contributed by atoms with E-state index in [4.69, 9.17) is 4.74 Å². The molecule has 0 bridgehead atoms. The van der Waals surface area contributed by atoms with E-state index in [-0.39, 0.29) is 0 Å². The maximum Gasteiger partial charge on any atom is 0.0812 e. The van der Waals surface area contributed by atoms with E-state index in [2.05, 4.69) is 55.3 Å². The predicted molar refractivity (Wildman–Crippen MR) is 70.7 cm³/mol. The highest BCUT2D eigenvalue weighted by atomic mass is 16.5. The van der Waals surface area contributed by atoms with Crippen molar-refractivity contribution in [3.63, 3.8) is 0 Å². The van der Waals surface area contributed by atoms with Crippen LogP contribution in [0, 0.1) is 0 Å². The molecule has 0 spiro atoms. The molecule has 0 radical (unpaired) electrons. The van der Waals surface area contributed by atoms with Gasteiger partial charge in [0.1, 0.15) is 0 Å². The zero-order valence-electron chi connectivity index (χ0n) is 10.9. The van der Waals surface area contributed by atoms with Gasteiger partial charge in [-0.15, -0.1) is 0 Å². The van der Waals surface area contributed by atoms with Crippen molar-refractivity contribution in [2.45, 2.75) is 32.4 Å². The lowest BCUT2D eigenvalue weighted by Gasteiger charge is -2.35. The lowest BCUT2D eigenvalue weighted by atomic mass is 10.0. The number of benzene rings is 1. The van der Waals surface area contributed by atoms with E-state index in [0.29, 0.717) is 12.1 Å². The first-order valence-corrected chi connectivity index (χ1v) is 6.24. The van der Waals surface area contributed by atoms with Gasteiger partial charge >= 0.3 is 0 Å². The van der Waals surface area contributed by atoms with Crippen LogP contribution < -0.4 is 0 Å². The number of hydrogen-bond acceptors (Lipinski definition) is 2. The minimum atomic E-state index is 0.300. The Kier molecular flexibility index (Phi) is 3.85. The van der Waals surface area contributed by atoms with Crippen LogP contribution >= 0.6 is 0 Å². The summed E-state index contributed by atoms with van der Waals surface area (Å²) in [6.45, 7) is 5.47. The summed E-state index contributed by atoms with van der Waals surface area (Å²) in [5.74, 6) is 0. The van der Waals surface area contributed by atoms with E-state index < -0.39 is 0 Å². The molecule has 92 valence electrons. The first-order valence-electron chi connectivity index (χ1n) is 6.24. The van der Waals surface area contributed by atoms with Crippen LogP contribution in [0.2, 0.25) is 0 Å². The van der Waals surface area contributed by atoms with Crippen molar-refractivity contribution >= 4 is 0 Å². The molecule has 2 nitrogen and oxygen atoms in total. The second-order valence-corrected chi connectivity index (χ2v) is 4.71. The molecule has 0 saturated heterocycles. The lowest BCUT2D eigenvalue weighted by molar-refractivity contribution is 0.0967. The van der Waals surface area contributed by atoms with Gasteiger partial charge in [0, 0.05) is 19.9 Å². The normalized spacial score (nSPS) is 22.2. The fourth-order valence-electron chi connectivity index (χ4n) is 2.44. The molecular weight excluding hydrogens is 210 g/mol. The summed E-state index contributed by atoms with van der Waals surface area (Å²) < 4.78 is 5.44. The standard InChI is InChI=1S/C15H21NO/c1-12-11-16(10-9-15(12)17-3)13(2)14-7-5-4-6-8-14/h4-8,11,13,15H,9-10H2,1-3H3/t13-,15?/m1/s1. The summed E-state index contributed by atoms with van der Waals surface area (Å²) in [6.07, 6.45) is 3.62. The average Bonchev–Trinajstić information content (AvgIpc) is 2.39. The van der Waals surface area contributed by atoms with Crippen molar-refractivity contribution in [2.75, 3.05) is 13.7 Å². The molecule has 0 fully saturated rings. The number of ether oxygens (including phenoxy) is 1. The first-order chi connectivity index (χ1) is 8.22. The third-order valence-corrected chi connectivity index (χ3v) is 3.59. The third-order valence-electron chi connectivity index (χ3n) is 3.59. The molecule has 0 aliphatic carbocycles. The van der Waals surface area contributed by atoms with Crippen molar-refractivity contribution in [1.29, 1.82) is 0 Å². The lowest BCUT2D eigenvalue weighted by Crippen LogP contribution is -2.32. The molecular formula is C15H21NO. The molecule has 1 heterocycles. The van der Waals surface area contributed by atoms with Crippen LogP contribution in [0.1, 0.15) is 31.9 Å². The van der Waals surface area contributed by atoms with E-state index >= 15 is 0 Å². The van der Waals surface area contributed by atoms with Gasteiger partial charge in [-0.25, -0.2) is 0 Å². The molecule has 1 unspecified atom stereocenters. The maximum absolute atomic E-state index is 5.44. The highest BCUT2D eigenvalue weighted by Crippen LogP contribution is 2.26. The summed E-state index contributed by atoms with van der Waals surface area (Å²) in [7, 11) is 1.79. The third kappa shape index (κ3) is 2.70. The predicted octanol–water partition coefficient (Wildman–Crippen LogP) is 3.37. The van der Waals surface area contributed by atoms with Crippen molar-refractivity contribution in [2.24, 2.45) is 0 Å². The molecule has 2 atom stereocenters. The quantitative estimate of drug-likeness (QED) is 0.790. The summed E-state index contributed by atoms with van der Waals surface area (Å²) >= 11 is 0. The topological polar surface area (TPSA) is 12.5 Å². The van der Waals surface area contributed by atoms with Gasteiger partial charge in [0.25, 0.3) is 0 Å². The van der Waals surface area contributed by atoms with E-state index in [9.17, 15) is 0 Å². The summed E-state index contributed by atoms with van der Waals surface area (Å²) in [6, 6.07) is 11.1. The van der Waals surface area contributed by atoms with E-state index in [1.165, 1.54) is 11.1 Å². The maximum atomic E-state index is 5.44. The Bertz CT molecular complexity index is 385. The van der Waals surface area contributed by atoms with Gasteiger partial charge in [-0.2, -0.15) is 0 Å². The van der Waals surface area contributed by atoms with E-state index in [1.54, 1.807) is 7.11 Å². The number of nitrogens with zero attached hydrogens (tertiary/aromatic N) is 1. The molecule has 1 aromatic rings. The molecule has 2 heteroatoms. The van der Waals surface area contributed by atoms with Crippen molar-refractivity contribution < 1.29 is 4.74 Å². The van der Waals surface area contributed by atoms with Crippen LogP contribution in [0.3, 0.4) is 0 Å². The van der Waals surface area contributed by atoms with Gasteiger partial charge in [0.2, 0.25) is 0 Å². The first kappa shape index (κ1) is 12.2. The Morgan fingerprint density at radius 2 is 2.00 bits per heavy atom. The average molecular weight is 231 g/mol. The van der Waals surface area contributed by atoms with Gasteiger partial charge < -0.3 is 9.64 Å². The molecule has 0 amide bonds. The Balaban J connectivity index is 2.12. The Labute approximate surface area is 104 Å². The molecule has 2 rings (SSSR count). The minimum absolute atomic E-state index is 0.300. The fraction of sp³-hybridized carbons (Fsp3) is 0.467. The number of rotatable bonds is 3. The van der Waals surface area contributed by atoms with Gasteiger partial charge in [0.05, 0.1) is 12.1 Å². The van der Waals surface area contributed by atoms with Crippen LogP contribution in [-0.4, -0.2) is 24.7 Å². The van der Waals surface area contributed by atoms with Crippen LogP contribution in [0.25, 0.3) is 0 Å². The van der Waals surface area contributed by atoms with Gasteiger partial charge in [-0.05, 0) is 31.4 Å². The Morgan fingerprint density at radius 1 is 1.29 bits per heavy atom. The summed E-state index contributed by atoms with van der Waals surface area (Å²) in [4.78, 5) is 2.40. The van der Waals surface area contributed by atoms with Crippen molar-refractivity contribution in [3.05, 3.63) is 47.7 Å². The van der Waals surface area contributed by atoms with Crippen molar-refractivity contribution in [3.8, 4) is 0 Å². The second-order valence-electron chi connectivity index (χ2n) is 4.71. The van der Waals surface area contributed by atoms with E-state index in [1.807, 2.05) is 0 Å². The molecule has 0 saturated carbocycles. The highest BCUT2D eigenvalue weighted by Gasteiger charge is 2.21. The summed E-state index contributed by atoms with van der Waals surface area (Å²) in [5.41, 5.74) is 2.69. The van der Waals surface area contributed by atoms with E-state index in [0.717, 1.165) is 13.0 Å². The zero-order chi connectivity index (χ0) is 12.3. The molecule has 1 aromatic carbocycles. The Morgan fingerprint density at radius 3 is 2.59 bits per heavy atom. The molecule has 0 aromatic heterocycles. The van der Waals surface area contributed by atoms with Crippen LogP contribution in [-0.2, 0) is 4.74 Å². The van der Waals surface area contributed by atoms with Crippen LogP contribution in [0.5, 0.6) is 0 Å². The van der Waals surface area contributed by atoms with Gasteiger partial charge in [-0.1, -0.05) is 30.3 Å². The molecule has 1 aliphatic heterocycles. The van der Waals surface area contributed by atoms with Gasteiger partial charge in [-0.3, -0.25) is 0 Å². The fourth-order valence-corrected chi connectivity index (χ4v) is 2.44. The molecule has 17 heavy (non-hydrogen) atoms. The Hall–Kier alpha value is -1.28. The second kappa shape index (κ2) is 5.37. The number of hydrogen-bond donors (Lipinski definition) is 0.